The Morgan fingerprint density at radius 1 is 1.09 bits per heavy atom. The highest BCUT2D eigenvalue weighted by atomic mass is 79.9. The summed E-state index contributed by atoms with van der Waals surface area (Å²) >= 11 is 3.42. The fraction of sp³-hybridized carbons (Fsp3) is 0.167. The highest BCUT2D eigenvalue weighted by Crippen LogP contribution is 2.30. The van der Waals surface area contributed by atoms with Gasteiger partial charge in [0.05, 0.1) is 14.2 Å². The van der Waals surface area contributed by atoms with Crippen LogP contribution in [0.4, 0.5) is 5.69 Å². The molecule has 0 bridgehead atoms. The van der Waals surface area contributed by atoms with E-state index < -0.39 is 0 Å². The number of ether oxygens (including phenoxy) is 2. The summed E-state index contributed by atoms with van der Waals surface area (Å²) in [7, 11) is 3.15. The molecule has 1 N–H and O–H groups in total. The minimum atomic E-state index is -0.0419. The van der Waals surface area contributed by atoms with Crippen LogP contribution in [0.1, 0.15) is 12.5 Å². The Morgan fingerprint density at radius 3 is 2.43 bits per heavy atom. The summed E-state index contributed by atoms with van der Waals surface area (Å²) in [6.07, 6.45) is 1.70. The Hall–Kier alpha value is -2.27. The number of Topliss-reactive ketones (excluding diaryl/α,β-unsaturated/α-hetero) is 1. The van der Waals surface area contributed by atoms with Crippen molar-refractivity contribution in [3.63, 3.8) is 0 Å². The van der Waals surface area contributed by atoms with Gasteiger partial charge in [0, 0.05) is 21.9 Å². The number of benzene rings is 2. The van der Waals surface area contributed by atoms with Gasteiger partial charge < -0.3 is 14.8 Å². The number of hydrogen-bond acceptors (Lipinski definition) is 4. The monoisotopic (exact) mass is 375 g/mol. The van der Waals surface area contributed by atoms with Crippen LogP contribution in [0.2, 0.25) is 0 Å². The van der Waals surface area contributed by atoms with Gasteiger partial charge in [-0.1, -0.05) is 28.1 Å². The number of methoxy groups -OCH3 is 2. The minimum Gasteiger partial charge on any atom is -0.493 e. The van der Waals surface area contributed by atoms with Crippen molar-refractivity contribution in [3.05, 3.63) is 58.7 Å². The van der Waals surface area contributed by atoms with Crippen molar-refractivity contribution in [2.24, 2.45) is 0 Å². The molecule has 0 aromatic heterocycles. The maximum Gasteiger partial charge on any atom is 0.161 e. The Bertz CT molecular complexity index is 741. The molecule has 0 aliphatic heterocycles. The number of ketones is 1. The van der Waals surface area contributed by atoms with Crippen LogP contribution in [0.3, 0.4) is 0 Å². The topological polar surface area (TPSA) is 47.6 Å². The van der Waals surface area contributed by atoms with Gasteiger partial charge in [-0.25, -0.2) is 0 Å². The maximum atomic E-state index is 12.0. The van der Waals surface area contributed by atoms with Gasteiger partial charge in [-0.3, -0.25) is 4.79 Å². The molecule has 5 heteroatoms. The molecule has 23 heavy (non-hydrogen) atoms. The molecule has 0 atom stereocenters. The molecule has 0 saturated heterocycles. The van der Waals surface area contributed by atoms with Crippen LogP contribution >= 0.6 is 15.9 Å². The second-order valence-corrected chi connectivity index (χ2v) is 5.75. The molecule has 0 saturated carbocycles. The third kappa shape index (κ3) is 4.36. The van der Waals surface area contributed by atoms with E-state index in [0.717, 1.165) is 15.7 Å². The summed E-state index contributed by atoms with van der Waals surface area (Å²) in [6, 6.07) is 13.1. The molecule has 0 unspecified atom stereocenters. The predicted molar refractivity (Wildman–Crippen MR) is 96.0 cm³/mol. The van der Waals surface area contributed by atoms with E-state index in [1.807, 2.05) is 30.3 Å². The van der Waals surface area contributed by atoms with E-state index in [1.165, 1.54) is 6.92 Å². The van der Waals surface area contributed by atoms with Crippen LogP contribution < -0.4 is 14.8 Å². The molecule has 2 aromatic carbocycles. The first-order valence-corrected chi connectivity index (χ1v) is 7.80. The van der Waals surface area contributed by atoms with Crippen molar-refractivity contribution in [2.45, 2.75) is 6.92 Å². The number of halogens is 1. The van der Waals surface area contributed by atoms with Crippen LogP contribution in [-0.2, 0) is 4.79 Å². The molecule has 0 aliphatic rings. The van der Waals surface area contributed by atoms with Crippen LogP contribution in [0.15, 0.2) is 53.1 Å². The van der Waals surface area contributed by atoms with Gasteiger partial charge in [-0.2, -0.15) is 0 Å². The highest BCUT2D eigenvalue weighted by Gasteiger charge is 2.11. The Morgan fingerprint density at radius 2 is 1.83 bits per heavy atom. The number of allylic oxidation sites excluding steroid dienone is 1. The lowest BCUT2D eigenvalue weighted by Gasteiger charge is -2.11. The second kappa shape index (κ2) is 7.83. The molecule has 0 fully saturated rings. The molecule has 4 nitrogen and oxygen atoms in total. The fourth-order valence-electron chi connectivity index (χ4n) is 2.13. The van der Waals surface area contributed by atoms with Crippen LogP contribution in [-0.4, -0.2) is 20.0 Å². The predicted octanol–water partition coefficient (Wildman–Crippen LogP) is 4.51. The summed E-state index contributed by atoms with van der Waals surface area (Å²) < 4.78 is 11.5. The number of carbonyl (C=O) groups excluding carboxylic acids is 1. The summed E-state index contributed by atoms with van der Waals surface area (Å²) in [5.74, 6) is 1.17. The molecular formula is C18H18BrNO3. The number of anilines is 1. The van der Waals surface area contributed by atoms with E-state index in [-0.39, 0.29) is 5.78 Å². The quantitative estimate of drug-likeness (QED) is 0.754. The molecule has 0 radical (unpaired) electrons. The van der Waals surface area contributed by atoms with Crippen molar-refractivity contribution >= 4 is 33.0 Å². The second-order valence-electron chi connectivity index (χ2n) is 4.84. The van der Waals surface area contributed by atoms with Crippen molar-refractivity contribution in [1.82, 2.24) is 0 Å². The lowest BCUT2D eigenvalue weighted by Crippen LogP contribution is -2.01. The first-order valence-electron chi connectivity index (χ1n) is 7.00. The highest BCUT2D eigenvalue weighted by molar-refractivity contribution is 9.10. The van der Waals surface area contributed by atoms with Crippen LogP contribution in [0, 0.1) is 0 Å². The zero-order valence-corrected chi connectivity index (χ0v) is 14.8. The number of hydrogen-bond donors (Lipinski definition) is 1. The first kappa shape index (κ1) is 17.1. The first-order chi connectivity index (χ1) is 11.0. The number of nitrogens with one attached hydrogen (secondary N) is 1. The Kier molecular flexibility index (Phi) is 5.82. The Labute approximate surface area is 144 Å². The van der Waals surface area contributed by atoms with Crippen molar-refractivity contribution in [3.8, 4) is 11.5 Å². The van der Waals surface area contributed by atoms with Gasteiger partial charge in [0.15, 0.2) is 17.3 Å². The van der Waals surface area contributed by atoms with Gasteiger partial charge in [0.25, 0.3) is 0 Å². The largest absolute Gasteiger partial charge is 0.493 e. The molecule has 0 aliphatic carbocycles. The van der Waals surface area contributed by atoms with E-state index in [9.17, 15) is 4.79 Å². The van der Waals surface area contributed by atoms with Gasteiger partial charge in [0.1, 0.15) is 0 Å². The molecular weight excluding hydrogens is 358 g/mol. The fourth-order valence-corrected chi connectivity index (χ4v) is 2.52. The SMILES string of the molecule is COc1ccc(/C(=C\Nc2cccc(Br)c2)C(C)=O)cc1OC. The van der Waals surface area contributed by atoms with Gasteiger partial charge in [-0.05, 0) is 42.8 Å². The molecule has 2 aromatic rings. The molecule has 0 heterocycles. The third-order valence-corrected chi connectivity index (χ3v) is 3.77. The summed E-state index contributed by atoms with van der Waals surface area (Å²) in [5.41, 5.74) is 2.21. The number of rotatable bonds is 6. The van der Waals surface area contributed by atoms with Gasteiger partial charge in [-0.15, -0.1) is 0 Å². The zero-order chi connectivity index (χ0) is 16.8. The van der Waals surface area contributed by atoms with Crippen LogP contribution in [0.25, 0.3) is 5.57 Å². The molecule has 0 amide bonds. The number of carbonyl (C=O) groups is 1. The lowest BCUT2D eigenvalue weighted by atomic mass is 10.0. The van der Waals surface area contributed by atoms with E-state index in [0.29, 0.717) is 17.1 Å². The third-order valence-electron chi connectivity index (χ3n) is 3.28. The van der Waals surface area contributed by atoms with E-state index in [4.69, 9.17) is 9.47 Å². The zero-order valence-electron chi connectivity index (χ0n) is 13.2. The molecule has 2 rings (SSSR count). The summed E-state index contributed by atoms with van der Waals surface area (Å²) in [5, 5.41) is 3.15. The summed E-state index contributed by atoms with van der Waals surface area (Å²) in [4.78, 5) is 12.0. The van der Waals surface area contributed by atoms with Crippen molar-refractivity contribution in [2.75, 3.05) is 19.5 Å². The minimum absolute atomic E-state index is 0.0419. The smallest absolute Gasteiger partial charge is 0.161 e. The van der Waals surface area contributed by atoms with E-state index in [2.05, 4.69) is 21.2 Å². The average molecular weight is 376 g/mol. The van der Waals surface area contributed by atoms with Crippen molar-refractivity contribution in [1.29, 1.82) is 0 Å². The molecule has 0 spiro atoms. The van der Waals surface area contributed by atoms with E-state index >= 15 is 0 Å². The molecule has 120 valence electrons. The van der Waals surface area contributed by atoms with Gasteiger partial charge >= 0.3 is 0 Å². The summed E-state index contributed by atoms with van der Waals surface area (Å²) in [6.45, 7) is 1.53. The average Bonchev–Trinajstić information content (AvgIpc) is 2.54. The van der Waals surface area contributed by atoms with E-state index in [1.54, 1.807) is 32.6 Å². The normalized spacial score (nSPS) is 11.0. The van der Waals surface area contributed by atoms with Gasteiger partial charge in [0.2, 0.25) is 0 Å². The lowest BCUT2D eigenvalue weighted by molar-refractivity contribution is -0.111. The maximum absolute atomic E-state index is 12.0. The standard InChI is InChI=1S/C18H18BrNO3/c1-12(21)16(11-20-15-6-4-5-14(19)10-15)13-7-8-17(22-2)18(9-13)23-3/h4-11,20H,1-3H3/b16-11-. The van der Waals surface area contributed by atoms with Crippen molar-refractivity contribution < 1.29 is 14.3 Å². The Balaban J connectivity index is 2.34. The van der Waals surface area contributed by atoms with Crippen LogP contribution in [0.5, 0.6) is 11.5 Å².